The van der Waals surface area contributed by atoms with Crippen LogP contribution in [-0.2, 0) is 6.61 Å². The quantitative estimate of drug-likeness (QED) is 0.312. The maximum Gasteiger partial charge on any atom is 0.127 e. The zero-order valence-corrected chi connectivity index (χ0v) is 18.5. The number of hydrogen-bond donors (Lipinski definition) is 1. The highest BCUT2D eigenvalue weighted by atomic mass is 16.5. The smallest absolute Gasteiger partial charge is 0.127 e. The standard InChI is InChI=1S/C29H24O4/c1-31-26-14-10-20-8-12-22(30)16-24(20)28(26)29-25-17-23(33-18-19-6-4-3-5-7-19)13-9-21(25)11-15-27(29)32-2/h3-17,30H,18H2,1-2H3. The summed E-state index contributed by atoms with van der Waals surface area (Å²) in [5.41, 5.74) is 2.87. The van der Waals surface area contributed by atoms with Gasteiger partial charge in [-0.05, 0) is 63.5 Å². The van der Waals surface area contributed by atoms with Crippen LogP contribution in [0.2, 0.25) is 0 Å². The van der Waals surface area contributed by atoms with Crippen LogP contribution >= 0.6 is 0 Å². The fourth-order valence-corrected chi connectivity index (χ4v) is 4.25. The molecule has 33 heavy (non-hydrogen) atoms. The first-order chi connectivity index (χ1) is 16.2. The molecule has 0 radical (unpaired) electrons. The van der Waals surface area contributed by atoms with Crippen molar-refractivity contribution in [1.29, 1.82) is 0 Å². The van der Waals surface area contributed by atoms with Crippen LogP contribution < -0.4 is 14.2 Å². The number of phenols is 1. The molecule has 0 aliphatic heterocycles. The molecule has 0 saturated carbocycles. The van der Waals surface area contributed by atoms with Gasteiger partial charge in [-0.3, -0.25) is 0 Å². The number of hydrogen-bond acceptors (Lipinski definition) is 4. The summed E-state index contributed by atoms with van der Waals surface area (Å²) in [6.45, 7) is 0.483. The summed E-state index contributed by atoms with van der Waals surface area (Å²) >= 11 is 0. The fourth-order valence-electron chi connectivity index (χ4n) is 4.25. The van der Waals surface area contributed by atoms with Crippen LogP contribution in [0.4, 0.5) is 0 Å². The number of aromatic hydroxyl groups is 1. The lowest BCUT2D eigenvalue weighted by atomic mass is 9.92. The summed E-state index contributed by atoms with van der Waals surface area (Å²) in [5, 5.41) is 14.2. The molecule has 0 aliphatic rings. The molecule has 0 bridgehead atoms. The third kappa shape index (κ3) is 3.92. The highest BCUT2D eigenvalue weighted by molar-refractivity contribution is 6.10. The van der Waals surface area contributed by atoms with Gasteiger partial charge in [0.25, 0.3) is 0 Å². The number of methoxy groups -OCH3 is 2. The second kappa shape index (κ2) is 8.75. The first-order valence-electron chi connectivity index (χ1n) is 10.8. The van der Waals surface area contributed by atoms with E-state index >= 15 is 0 Å². The molecular weight excluding hydrogens is 412 g/mol. The highest BCUT2D eigenvalue weighted by Gasteiger charge is 2.19. The molecular formula is C29H24O4. The molecule has 164 valence electrons. The minimum atomic E-state index is 0.197. The lowest BCUT2D eigenvalue weighted by Crippen LogP contribution is -1.97. The Balaban J connectivity index is 1.73. The van der Waals surface area contributed by atoms with Crippen molar-refractivity contribution < 1.29 is 19.3 Å². The zero-order chi connectivity index (χ0) is 22.8. The van der Waals surface area contributed by atoms with Crippen molar-refractivity contribution in [1.82, 2.24) is 0 Å². The molecule has 0 spiro atoms. The number of phenolic OH excluding ortho intramolecular Hbond substituents is 1. The summed E-state index contributed by atoms with van der Waals surface area (Å²) in [4.78, 5) is 0. The molecule has 0 saturated heterocycles. The van der Waals surface area contributed by atoms with Crippen LogP contribution in [0.5, 0.6) is 23.0 Å². The minimum absolute atomic E-state index is 0.197. The molecule has 4 heteroatoms. The van der Waals surface area contributed by atoms with E-state index in [0.717, 1.165) is 49.7 Å². The zero-order valence-electron chi connectivity index (χ0n) is 18.5. The van der Waals surface area contributed by atoms with Gasteiger partial charge in [0.1, 0.15) is 29.6 Å². The van der Waals surface area contributed by atoms with Crippen molar-refractivity contribution in [2.75, 3.05) is 14.2 Å². The summed E-state index contributed by atoms with van der Waals surface area (Å²) < 4.78 is 17.7. The number of fused-ring (bicyclic) bond motifs is 2. The Labute approximate surface area is 192 Å². The van der Waals surface area contributed by atoms with Crippen LogP contribution in [0.3, 0.4) is 0 Å². The number of rotatable bonds is 6. The van der Waals surface area contributed by atoms with Gasteiger partial charge < -0.3 is 19.3 Å². The van der Waals surface area contributed by atoms with Gasteiger partial charge >= 0.3 is 0 Å². The summed E-state index contributed by atoms with van der Waals surface area (Å²) in [6.07, 6.45) is 0. The van der Waals surface area contributed by atoms with Gasteiger partial charge in [-0.15, -0.1) is 0 Å². The molecule has 0 unspecified atom stereocenters. The van der Waals surface area contributed by atoms with Crippen molar-refractivity contribution in [3.05, 3.63) is 96.6 Å². The predicted octanol–water partition coefficient (Wildman–Crippen LogP) is 6.96. The molecule has 0 fully saturated rings. The van der Waals surface area contributed by atoms with E-state index in [1.807, 2.05) is 78.9 Å². The van der Waals surface area contributed by atoms with Crippen molar-refractivity contribution in [2.24, 2.45) is 0 Å². The van der Waals surface area contributed by atoms with E-state index in [9.17, 15) is 5.11 Å². The normalized spacial score (nSPS) is 11.0. The van der Waals surface area contributed by atoms with Crippen LogP contribution in [0.25, 0.3) is 32.7 Å². The van der Waals surface area contributed by atoms with Crippen molar-refractivity contribution in [3.63, 3.8) is 0 Å². The average molecular weight is 437 g/mol. The van der Waals surface area contributed by atoms with E-state index in [-0.39, 0.29) is 5.75 Å². The van der Waals surface area contributed by atoms with Crippen LogP contribution in [0.1, 0.15) is 5.56 Å². The number of benzene rings is 5. The van der Waals surface area contributed by atoms with Crippen molar-refractivity contribution in [3.8, 4) is 34.1 Å². The first kappa shape index (κ1) is 20.7. The van der Waals surface area contributed by atoms with E-state index < -0.39 is 0 Å². The van der Waals surface area contributed by atoms with Gasteiger partial charge in [-0.2, -0.15) is 0 Å². The average Bonchev–Trinajstić information content (AvgIpc) is 2.86. The second-order valence-corrected chi connectivity index (χ2v) is 7.85. The third-order valence-corrected chi connectivity index (χ3v) is 5.86. The Hall–Kier alpha value is -4.18. The lowest BCUT2D eigenvalue weighted by Gasteiger charge is -2.18. The van der Waals surface area contributed by atoms with Gasteiger partial charge in [-0.25, -0.2) is 0 Å². The molecule has 5 aromatic rings. The Morgan fingerprint density at radius 2 is 1.21 bits per heavy atom. The Morgan fingerprint density at radius 1 is 0.636 bits per heavy atom. The first-order valence-corrected chi connectivity index (χ1v) is 10.8. The van der Waals surface area contributed by atoms with E-state index in [0.29, 0.717) is 12.4 Å². The molecule has 0 aliphatic carbocycles. The van der Waals surface area contributed by atoms with E-state index in [4.69, 9.17) is 14.2 Å². The topological polar surface area (TPSA) is 47.9 Å². The maximum atomic E-state index is 10.2. The third-order valence-electron chi connectivity index (χ3n) is 5.86. The van der Waals surface area contributed by atoms with Crippen molar-refractivity contribution >= 4 is 21.5 Å². The Bertz CT molecular complexity index is 1440. The SMILES string of the molecule is COc1ccc2ccc(O)cc2c1-c1c(OC)ccc2ccc(OCc3ccccc3)cc12. The molecule has 4 nitrogen and oxygen atoms in total. The van der Waals surface area contributed by atoms with Gasteiger partial charge in [-0.1, -0.05) is 54.6 Å². The van der Waals surface area contributed by atoms with Crippen molar-refractivity contribution in [2.45, 2.75) is 6.61 Å². The van der Waals surface area contributed by atoms with Crippen LogP contribution in [0, 0.1) is 0 Å². The Morgan fingerprint density at radius 3 is 1.85 bits per heavy atom. The van der Waals surface area contributed by atoms with Gasteiger partial charge in [0.05, 0.1) is 14.2 Å². The fraction of sp³-hybridized carbons (Fsp3) is 0.103. The minimum Gasteiger partial charge on any atom is -0.508 e. The molecule has 0 atom stereocenters. The molecule has 5 aromatic carbocycles. The van der Waals surface area contributed by atoms with Crippen LogP contribution in [-0.4, -0.2) is 19.3 Å². The maximum absolute atomic E-state index is 10.2. The summed E-state index contributed by atoms with van der Waals surface area (Å²) in [5.74, 6) is 2.39. The van der Waals surface area contributed by atoms with Crippen LogP contribution in [0.15, 0.2) is 91.0 Å². The largest absolute Gasteiger partial charge is 0.508 e. The molecule has 0 aromatic heterocycles. The second-order valence-electron chi connectivity index (χ2n) is 7.85. The lowest BCUT2D eigenvalue weighted by molar-refractivity contribution is 0.306. The monoisotopic (exact) mass is 436 g/mol. The van der Waals surface area contributed by atoms with Gasteiger partial charge in [0.2, 0.25) is 0 Å². The molecule has 5 rings (SSSR count). The predicted molar refractivity (Wildman–Crippen MR) is 132 cm³/mol. The van der Waals surface area contributed by atoms with Gasteiger partial charge in [0, 0.05) is 11.1 Å². The number of ether oxygens (including phenoxy) is 3. The summed E-state index contributed by atoms with van der Waals surface area (Å²) in [7, 11) is 3.31. The van der Waals surface area contributed by atoms with E-state index in [1.165, 1.54) is 0 Å². The van der Waals surface area contributed by atoms with E-state index in [2.05, 4.69) is 0 Å². The molecule has 0 amide bonds. The summed E-state index contributed by atoms with van der Waals surface area (Å²) in [6, 6.07) is 29.4. The van der Waals surface area contributed by atoms with E-state index in [1.54, 1.807) is 26.4 Å². The molecule has 1 N–H and O–H groups in total. The van der Waals surface area contributed by atoms with Gasteiger partial charge in [0.15, 0.2) is 0 Å². The highest BCUT2D eigenvalue weighted by Crippen LogP contribution is 2.46. The Kier molecular flexibility index (Phi) is 5.49. The molecule has 0 heterocycles.